The standard InChI is InChI=1S/C17H24ClN3O2/c1-19-17(20-10-7-13-3-5-15(18)6-4-13)21-11-8-14(9-12-21)16(22)23-2/h3-6,14H,7-12H2,1-2H3,(H,19,20). The summed E-state index contributed by atoms with van der Waals surface area (Å²) in [5.41, 5.74) is 1.24. The SMILES string of the molecule is CN=C(NCCc1ccc(Cl)cc1)N1CCC(C(=O)OC)CC1. The summed E-state index contributed by atoms with van der Waals surface area (Å²) in [5.74, 6) is 0.807. The summed E-state index contributed by atoms with van der Waals surface area (Å²) < 4.78 is 4.82. The molecule has 0 aliphatic carbocycles. The van der Waals surface area contributed by atoms with Gasteiger partial charge in [0, 0.05) is 31.7 Å². The Morgan fingerprint density at radius 3 is 2.57 bits per heavy atom. The molecule has 0 radical (unpaired) electrons. The molecular formula is C17H24ClN3O2. The van der Waals surface area contributed by atoms with Crippen molar-refractivity contribution in [3.8, 4) is 0 Å². The van der Waals surface area contributed by atoms with Gasteiger partial charge in [0.25, 0.3) is 0 Å². The van der Waals surface area contributed by atoms with E-state index in [2.05, 4.69) is 15.2 Å². The van der Waals surface area contributed by atoms with Crippen LogP contribution in [-0.4, -0.2) is 50.6 Å². The second-order valence-electron chi connectivity index (χ2n) is 5.63. The molecule has 1 heterocycles. The third kappa shape index (κ3) is 5.13. The third-order valence-electron chi connectivity index (χ3n) is 4.15. The molecule has 0 spiro atoms. The number of guanidine groups is 1. The first-order valence-corrected chi connectivity index (χ1v) is 8.29. The van der Waals surface area contributed by atoms with Gasteiger partial charge < -0.3 is 15.0 Å². The molecule has 0 amide bonds. The van der Waals surface area contributed by atoms with E-state index in [1.165, 1.54) is 12.7 Å². The molecule has 2 rings (SSSR count). The number of ether oxygens (including phenoxy) is 1. The predicted molar refractivity (Wildman–Crippen MR) is 92.8 cm³/mol. The minimum Gasteiger partial charge on any atom is -0.469 e. The number of aliphatic imine (C=N–C) groups is 1. The van der Waals surface area contributed by atoms with Crippen molar-refractivity contribution in [1.82, 2.24) is 10.2 Å². The Morgan fingerprint density at radius 2 is 2.00 bits per heavy atom. The molecule has 126 valence electrons. The summed E-state index contributed by atoms with van der Waals surface area (Å²) in [5, 5.41) is 4.14. The number of carbonyl (C=O) groups is 1. The topological polar surface area (TPSA) is 53.9 Å². The molecule has 1 aliphatic heterocycles. The van der Waals surface area contributed by atoms with Gasteiger partial charge in [-0.3, -0.25) is 9.79 Å². The number of likely N-dealkylation sites (tertiary alicyclic amines) is 1. The third-order valence-corrected chi connectivity index (χ3v) is 4.40. The summed E-state index contributed by atoms with van der Waals surface area (Å²) >= 11 is 5.89. The van der Waals surface area contributed by atoms with Gasteiger partial charge in [0.1, 0.15) is 0 Å². The molecule has 1 saturated heterocycles. The first kappa shape index (κ1) is 17.6. The molecule has 23 heavy (non-hydrogen) atoms. The quantitative estimate of drug-likeness (QED) is 0.520. The molecule has 1 aromatic rings. The van der Waals surface area contributed by atoms with Crippen molar-refractivity contribution in [1.29, 1.82) is 0 Å². The number of carbonyl (C=O) groups excluding carboxylic acids is 1. The van der Waals surface area contributed by atoms with Gasteiger partial charge in [-0.25, -0.2) is 0 Å². The number of benzene rings is 1. The van der Waals surface area contributed by atoms with E-state index in [9.17, 15) is 4.79 Å². The number of methoxy groups -OCH3 is 1. The van der Waals surface area contributed by atoms with Crippen LogP contribution in [0.2, 0.25) is 5.02 Å². The van der Waals surface area contributed by atoms with Crippen molar-refractivity contribution in [2.45, 2.75) is 19.3 Å². The zero-order valence-corrected chi connectivity index (χ0v) is 14.5. The molecule has 0 unspecified atom stereocenters. The second-order valence-corrected chi connectivity index (χ2v) is 6.07. The zero-order valence-electron chi connectivity index (χ0n) is 13.7. The van der Waals surface area contributed by atoms with Gasteiger partial charge in [-0.1, -0.05) is 23.7 Å². The highest BCUT2D eigenvalue weighted by Gasteiger charge is 2.26. The van der Waals surface area contributed by atoms with Gasteiger partial charge in [-0.2, -0.15) is 0 Å². The fourth-order valence-corrected chi connectivity index (χ4v) is 2.92. The van der Waals surface area contributed by atoms with Crippen molar-refractivity contribution < 1.29 is 9.53 Å². The van der Waals surface area contributed by atoms with Crippen molar-refractivity contribution in [3.05, 3.63) is 34.9 Å². The van der Waals surface area contributed by atoms with E-state index in [0.717, 1.165) is 49.9 Å². The number of hydrogen-bond acceptors (Lipinski definition) is 3. The maximum atomic E-state index is 11.6. The summed E-state index contributed by atoms with van der Waals surface area (Å²) in [4.78, 5) is 18.1. The first-order chi connectivity index (χ1) is 11.1. The number of esters is 1. The van der Waals surface area contributed by atoms with Crippen LogP contribution in [-0.2, 0) is 16.0 Å². The molecule has 1 aromatic carbocycles. The van der Waals surface area contributed by atoms with Gasteiger partial charge in [-0.05, 0) is 37.0 Å². The molecule has 6 heteroatoms. The lowest BCUT2D eigenvalue weighted by atomic mass is 9.97. The monoisotopic (exact) mass is 337 g/mol. The molecule has 1 N–H and O–H groups in total. The first-order valence-electron chi connectivity index (χ1n) is 7.92. The predicted octanol–water partition coefficient (Wildman–Crippen LogP) is 2.34. The van der Waals surface area contributed by atoms with Gasteiger partial charge >= 0.3 is 5.97 Å². The lowest BCUT2D eigenvalue weighted by molar-refractivity contribution is -0.146. The van der Waals surface area contributed by atoms with E-state index >= 15 is 0 Å². The highest BCUT2D eigenvalue weighted by atomic mass is 35.5. The van der Waals surface area contributed by atoms with Crippen LogP contribution in [0.1, 0.15) is 18.4 Å². The fraction of sp³-hybridized carbons (Fsp3) is 0.529. The summed E-state index contributed by atoms with van der Waals surface area (Å²) in [6.07, 6.45) is 2.53. The van der Waals surface area contributed by atoms with Crippen LogP contribution in [0.5, 0.6) is 0 Å². The molecule has 0 bridgehead atoms. The maximum Gasteiger partial charge on any atom is 0.308 e. The van der Waals surface area contributed by atoms with E-state index in [1.54, 1.807) is 7.05 Å². The number of hydrogen-bond donors (Lipinski definition) is 1. The van der Waals surface area contributed by atoms with Crippen LogP contribution in [0.3, 0.4) is 0 Å². The van der Waals surface area contributed by atoms with Crippen LogP contribution < -0.4 is 5.32 Å². The summed E-state index contributed by atoms with van der Waals surface area (Å²) in [7, 11) is 3.24. The summed E-state index contributed by atoms with van der Waals surface area (Å²) in [6, 6.07) is 7.88. The zero-order chi connectivity index (χ0) is 16.7. The summed E-state index contributed by atoms with van der Waals surface area (Å²) in [6.45, 7) is 2.45. The lowest BCUT2D eigenvalue weighted by Crippen LogP contribution is -2.47. The van der Waals surface area contributed by atoms with Gasteiger partial charge in [0.15, 0.2) is 5.96 Å². The van der Waals surface area contributed by atoms with Crippen LogP contribution in [0.15, 0.2) is 29.3 Å². The largest absolute Gasteiger partial charge is 0.469 e. The highest BCUT2D eigenvalue weighted by molar-refractivity contribution is 6.30. The van der Waals surface area contributed by atoms with Crippen molar-refractivity contribution in [3.63, 3.8) is 0 Å². The Balaban J connectivity index is 1.77. The number of piperidine rings is 1. The second kappa shape index (κ2) is 8.77. The van der Waals surface area contributed by atoms with E-state index < -0.39 is 0 Å². The molecule has 1 aliphatic rings. The van der Waals surface area contributed by atoms with Crippen LogP contribution in [0.25, 0.3) is 0 Å². The van der Waals surface area contributed by atoms with Crippen LogP contribution in [0.4, 0.5) is 0 Å². The molecule has 0 aromatic heterocycles. The lowest BCUT2D eigenvalue weighted by Gasteiger charge is -2.33. The average molecular weight is 338 g/mol. The highest BCUT2D eigenvalue weighted by Crippen LogP contribution is 2.18. The van der Waals surface area contributed by atoms with Crippen molar-refractivity contribution in [2.24, 2.45) is 10.9 Å². The smallest absolute Gasteiger partial charge is 0.308 e. The fourth-order valence-electron chi connectivity index (χ4n) is 2.80. The molecule has 1 fully saturated rings. The Morgan fingerprint density at radius 1 is 1.35 bits per heavy atom. The average Bonchev–Trinajstić information content (AvgIpc) is 2.60. The number of halogens is 1. The van der Waals surface area contributed by atoms with E-state index in [4.69, 9.17) is 16.3 Å². The van der Waals surface area contributed by atoms with Gasteiger partial charge in [0.05, 0.1) is 13.0 Å². The normalized spacial score (nSPS) is 16.3. The maximum absolute atomic E-state index is 11.6. The number of rotatable bonds is 4. The van der Waals surface area contributed by atoms with E-state index in [-0.39, 0.29) is 11.9 Å². The van der Waals surface area contributed by atoms with Crippen LogP contribution >= 0.6 is 11.6 Å². The van der Waals surface area contributed by atoms with E-state index in [1.807, 2.05) is 24.3 Å². The Bertz CT molecular complexity index is 537. The van der Waals surface area contributed by atoms with Crippen molar-refractivity contribution in [2.75, 3.05) is 33.8 Å². The van der Waals surface area contributed by atoms with Crippen LogP contribution in [0, 0.1) is 5.92 Å². The Hall–Kier alpha value is -1.75. The van der Waals surface area contributed by atoms with Gasteiger partial charge in [-0.15, -0.1) is 0 Å². The Labute approximate surface area is 142 Å². The minimum absolute atomic E-state index is 0.0171. The van der Waals surface area contributed by atoms with E-state index in [0.29, 0.717) is 0 Å². The van der Waals surface area contributed by atoms with Gasteiger partial charge in [0.2, 0.25) is 0 Å². The molecule has 0 atom stereocenters. The molecule has 5 nitrogen and oxygen atoms in total. The Kier molecular flexibility index (Phi) is 6.71. The number of nitrogens with zero attached hydrogens (tertiary/aromatic N) is 2. The van der Waals surface area contributed by atoms with Crippen molar-refractivity contribution >= 4 is 23.5 Å². The minimum atomic E-state index is -0.102. The molecular weight excluding hydrogens is 314 g/mol. The number of nitrogens with one attached hydrogen (secondary N) is 1. The molecule has 0 saturated carbocycles.